The van der Waals surface area contributed by atoms with Crippen LogP contribution in [0.25, 0.3) is 0 Å². The second-order valence-corrected chi connectivity index (χ2v) is 5.39. The highest BCUT2D eigenvalue weighted by Crippen LogP contribution is 2.35. The molecule has 0 amide bonds. The highest BCUT2D eigenvalue weighted by molar-refractivity contribution is 8.13. The van der Waals surface area contributed by atoms with E-state index in [0.717, 1.165) is 6.20 Å². The molecule has 4 nitrogen and oxygen atoms in total. The largest absolute Gasteiger partial charge is 0.383 e. The van der Waals surface area contributed by atoms with Gasteiger partial charge in [0, 0.05) is 10.7 Å². The van der Waals surface area contributed by atoms with E-state index in [1.54, 1.807) is 0 Å². The number of nitrogens with two attached hydrogens (primary N) is 1. The van der Waals surface area contributed by atoms with Crippen molar-refractivity contribution in [3.05, 3.63) is 16.8 Å². The fourth-order valence-corrected chi connectivity index (χ4v) is 2.38. The molecule has 1 aromatic rings. The van der Waals surface area contributed by atoms with Crippen molar-refractivity contribution in [3.8, 4) is 0 Å². The Hall–Kier alpha value is -0.660. The van der Waals surface area contributed by atoms with Crippen LogP contribution in [0.1, 0.15) is 12.0 Å². The van der Waals surface area contributed by atoms with Gasteiger partial charge in [-0.3, -0.25) is 0 Å². The van der Waals surface area contributed by atoms with Crippen molar-refractivity contribution < 1.29 is 17.2 Å². The van der Waals surface area contributed by atoms with E-state index in [9.17, 15) is 17.2 Å². The summed E-state index contributed by atoms with van der Waals surface area (Å²) in [4.78, 5) is 2.59. The molecule has 84 valence electrons. The monoisotopic (exact) mass is 276 g/mol. The van der Waals surface area contributed by atoms with Crippen LogP contribution in [0.5, 0.6) is 0 Å². The van der Waals surface area contributed by atoms with Gasteiger partial charge in [0.2, 0.25) is 0 Å². The number of nitrogens with zero attached hydrogens (tertiary/aromatic N) is 1. The number of pyridine rings is 1. The summed E-state index contributed by atoms with van der Waals surface area (Å²) in [5.41, 5.74) is 4.29. The topological polar surface area (TPSA) is 73.0 Å². The maximum atomic E-state index is 12.4. The standard InChI is InChI=1S/C6H4Cl2F2N2O2S/c7-4-2(15(8,13)14)1-12-6(11)3(4)5(9)10/h1,5H,(H2,11,12). The Balaban J connectivity index is 3.56. The zero-order chi connectivity index (χ0) is 11.8. The molecule has 1 heterocycles. The van der Waals surface area contributed by atoms with Crippen LogP contribution in [0.2, 0.25) is 5.02 Å². The van der Waals surface area contributed by atoms with Crippen molar-refractivity contribution in [2.24, 2.45) is 0 Å². The van der Waals surface area contributed by atoms with E-state index in [-0.39, 0.29) is 0 Å². The maximum absolute atomic E-state index is 12.4. The first-order valence-electron chi connectivity index (χ1n) is 3.42. The Morgan fingerprint density at radius 1 is 1.47 bits per heavy atom. The quantitative estimate of drug-likeness (QED) is 0.841. The third-order valence-electron chi connectivity index (χ3n) is 1.53. The fraction of sp³-hybridized carbons (Fsp3) is 0.167. The Morgan fingerprint density at radius 3 is 2.40 bits per heavy atom. The number of alkyl halides is 2. The van der Waals surface area contributed by atoms with Crippen molar-refractivity contribution >= 4 is 37.2 Å². The van der Waals surface area contributed by atoms with Crippen molar-refractivity contribution in [2.45, 2.75) is 11.3 Å². The van der Waals surface area contributed by atoms with Crippen LogP contribution in [-0.2, 0) is 9.05 Å². The fourth-order valence-electron chi connectivity index (χ4n) is 0.877. The summed E-state index contributed by atoms with van der Waals surface area (Å²) in [7, 11) is 0.738. The van der Waals surface area contributed by atoms with Gasteiger partial charge in [0.15, 0.2) is 0 Å². The summed E-state index contributed by atoms with van der Waals surface area (Å²) in [5.74, 6) is -0.529. The van der Waals surface area contributed by atoms with E-state index >= 15 is 0 Å². The maximum Gasteiger partial charge on any atom is 0.268 e. The smallest absolute Gasteiger partial charge is 0.268 e. The number of anilines is 1. The molecular formula is C6H4Cl2F2N2O2S. The third-order valence-corrected chi connectivity index (χ3v) is 3.38. The van der Waals surface area contributed by atoms with Gasteiger partial charge in [0.05, 0.1) is 16.8 Å². The molecule has 0 spiro atoms. The van der Waals surface area contributed by atoms with Crippen LogP contribution in [0, 0.1) is 0 Å². The predicted octanol–water partition coefficient (Wildman–Crippen LogP) is 2.18. The summed E-state index contributed by atoms with van der Waals surface area (Å²) < 4.78 is 46.6. The van der Waals surface area contributed by atoms with Gasteiger partial charge in [-0.1, -0.05) is 11.6 Å². The molecule has 1 rings (SSSR count). The first kappa shape index (κ1) is 12.4. The van der Waals surface area contributed by atoms with Crippen LogP contribution in [-0.4, -0.2) is 13.4 Å². The number of rotatable bonds is 2. The molecule has 0 aliphatic rings. The second-order valence-electron chi connectivity index (χ2n) is 2.47. The molecule has 15 heavy (non-hydrogen) atoms. The molecule has 0 aromatic carbocycles. The number of hydrogen-bond acceptors (Lipinski definition) is 4. The van der Waals surface area contributed by atoms with E-state index in [0.29, 0.717) is 0 Å². The lowest BCUT2D eigenvalue weighted by atomic mass is 10.2. The molecular weight excluding hydrogens is 273 g/mol. The van der Waals surface area contributed by atoms with Gasteiger partial charge >= 0.3 is 0 Å². The van der Waals surface area contributed by atoms with Crippen molar-refractivity contribution in [1.82, 2.24) is 4.98 Å². The van der Waals surface area contributed by atoms with E-state index in [1.807, 2.05) is 0 Å². The zero-order valence-corrected chi connectivity index (χ0v) is 9.24. The minimum absolute atomic E-state index is 0.529. The molecule has 2 N–H and O–H groups in total. The van der Waals surface area contributed by atoms with Crippen molar-refractivity contribution in [2.75, 3.05) is 5.73 Å². The number of nitrogen functional groups attached to an aromatic ring is 1. The van der Waals surface area contributed by atoms with Crippen LogP contribution >= 0.6 is 22.3 Å². The van der Waals surface area contributed by atoms with Crippen molar-refractivity contribution in [1.29, 1.82) is 0 Å². The summed E-state index contributed by atoms with van der Waals surface area (Å²) >= 11 is 5.43. The van der Waals surface area contributed by atoms with Crippen LogP contribution in [0.3, 0.4) is 0 Å². The highest BCUT2D eigenvalue weighted by atomic mass is 35.7. The van der Waals surface area contributed by atoms with Crippen LogP contribution in [0.15, 0.2) is 11.1 Å². The summed E-state index contributed by atoms with van der Waals surface area (Å²) in [5, 5.41) is -0.701. The van der Waals surface area contributed by atoms with Gasteiger partial charge in [0.25, 0.3) is 15.5 Å². The average molecular weight is 277 g/mol. The Bertz CT molecular complexity index is 492. The second kappa shape index (κ2) is 4.07. The average Bonchev–Trinajstić information content (AvgIpc) is 2.00. The lowest BCUT2D eigenvalue weighted by Crippen LogP contribution is -2.03. The van der Waals surface area contributed by atoms with E-state index in [1.165, 1.54) is 0 Å². The SMILES string of the molecule is Nc1ncc(S(=O)(=O)Cl)c(Cl)c1C(F)F. The van der Waals surface area contributed by atoms with E-state index < -0.39 is 36.8 Å². The molecule has 0 bridgehead atoms. The molecule has 0 atom stereocenters. The molecule has 0 saturated carbocycles. The Labute approximate surface area is 93.4 Å². The van der Waals surface area contributed by atoms with Gasteiger partial charge < -0.3 is 5.73 Å². The summed E-state index contributed by atoms with van der Waals surface area (Å²) in [6, 6.07) is 0. The van der Waals surface area contributed by atoms with Gasteiger partial charge in [-0.25, -0.2) is 22.2 Å². The molecule has 0 aliphatic carbocycles. The predicted molar refractivity (Wildman–Crippen MR) is 51.7 cm³/mol. The number of hydrogen-bond donors (Lipinski definition) is 1. The minimum atomic E-state index is -4.22. The third kappa shape index (κ3) is 2.47. The lowest BCUT2D eigenvalue weighted by Gasteiger charge is -2.08. The molecule has 0 radical (unpaired) electrons. The van der Waals surface area contributed by atoms with Gasteiger partial charge in [-0.2, -0.15) is 0 Å². The van der Waals surface area contributed by atoms with Crippen LogP contribution < -0.4 is 5.73 Å². The van der Waals surface area contributed by atoms with Gasteiger partial charge in [0.1, 0.15) is 10.7 Å². The zero-order valence-electron chi connectivity index (χ0n) is 6.92. The van der Waals surface area contributed by atoms with Crippen LogP contribution in [0.4, 0.5) is 14.6 Å². The molecule has 0 saturated heterocycles. The summed E-state index contributed by atoms with van der Waals surface area (Å²) in [6.07, 6.45) is -2.30. The molecule has 0 fully saturated rings. The van der Waals surface area contributed by atoms with Gasteiger partial charge in [-0.05, 0) is 0 Å². The lowest BCUT2D eigenvalue weighted by molar-refractivity contribution is 0.151. The molecule has 0 unspecified atom stereocenters. The normalized spacial score (nSPS) is 12.1. The first-order chi connectivity index (χ1) is 6.75. The van der Waals surface area contributed by atoms with E-state index in [2.05, 4.69) is 4.98 Å². The molecule has 0 aliphatic heterocycles. The van der Waals surface area contributed by atoms with Gasteiger partial charge in [-0.15, -0.1) is 0 Å². The number of halogens is 4. The van der Waals surface area contributed by atoms with E-state index in [4.69, 9.17) is 28.0 Å². The Morgan fingerprint density at radius 2 is 2.00 bits per heavy atom. The molecule has 1 aromatic heterocycles. The summed E-state index contributed by atoms with van der Waals surface area (Å²) in [6.45, 7) is 0. The highest BCUT2D eigenvalue weighted by Gasteiger charge is 2.25. The Kier molecular flexibility index (Phi) is 3.37. The van der Waals surface area contributed by atoms with Crippen molar-refractivity contribution in [3.63, 3.8) is 0 Å². The molecule has 9 heteroatoms. The number of aromatic nitrogens is 1. The first-order valence-corrected chi connectivity index (χ1v) is 6.10. The minimum Gasteiger partial charge on any atom is -0.383 e.